The smallest absolute Gasteiger partial charge is 0.216 e. The second-order valence-corrected chi connectivity index (χ2v) is 2.58. The lowest BCUT2D eigenvalue weighted by Crippen LogP contribution is -2.16. The van der Waals surface area contributed by atoms with Gasteiger partial charge in [-0.1, -0.05) is 6.07 Å². The summed E-state index contributed by atoms with van der Waals surface area (Å²) >= 11 is 0. The Morgan fingerprint density at radius 1 is 1.58 bits per heavy atom. The molecule has 0 fully saturated rings. The number of nitrogens with one attached hydrogen (secondary N) is 1. The van der Waals surface area contributed by atoms with Crippen LogP contribution in [0.15, 0.2) is 18.3 Å². The average molecular weight is 166 g/mol. The van der Waals surface area contributed by atoms with Crippen LogP contribution in [0.25, 0.3) is 0 Å². The number of hydrogen-bond acceptors (Lipinski definition) is 3. The van der Waals surface area contributed by atoms with Crippen molar-refractivity contribution in [3.8, 4) is 5.88 Å². The minimum atomic E-state index is 0.661. The predicted molar refractivity (Wildman–Crippen MR) is 48.4 cm³/mol. The van der Waals surface area contributed by atoms with Crippen molar-refractivity contribution in [2.45, 2.75) is 6.92 Å². The Hall–Kier alpha value is -1.09. The maximum absolute atomic E-state index is 5.40. The molecule has 1 rings (SSSR count). The van der Waals surface area contributed by atoms with Gasteiger partial charge in [0.05, 0.1) is 0 Å². The van der Waals surface area contributed by atoms with E-state index in [1.807, 2.05) is 26.1 Å². The van der Waals surface area contributed by atoms with Gasteiger partial charge in [0.2, 0.25) is 5.88 Å². The molecule has 66 valence electrons. The minimum absolute atomic E-state index is 0.661. The van der Waals surface area contributed by atoms with Crippen molar-refractivity contribution < 1.29 is 4.74 Å². The molecule has 3 heteroatoms. The maximum Gasteiger partial charge on any atom is 0.216 e. The molecule has 0 radical (unpaired) electrons. The number of pyridine rings is 1. The number of rotatable bonds is 4. The van der Waals surface area contributed by atoms with Crippen molar-refractivity contribution in [2.24, 2.45) is 0 Å². The van der Waals surface area contributed by atoms with Gasteiger partial charge in [-0.05, 0) is 20.0 Å². The molecule has 0 spiro atoms. The number of likely N-dealkylation sites (N-methyl/N-ethyl adjacent to an activating group) is 1. The summed E-state index contributed by atoms with van der Waals surface area (Å²) < 4.78 is 5.40. The summed E-state index contributed by atoms with van der Waals surface area (Å²) in [6, 6.07) is 3.89. The van der Waals surface area contributed by atoms with Crippen LogP contribution in [0.3, 0.4) is 0 Å². The fourth-order valence-electron chi connectivity index (χ4n) is 0.872. The normalized spacial score (nSPS) is 9.83. The molecule has 1 aromatic heterocycles. The van der Waals surface area contributed by atoms with Crippen LogP contribution in [0.4, 0.5) is 0 Å². The molecule has 0 saturated carbocycles. The van der Waals surface area contributed by atoms with Gasteiger partial charge in [0.25, 0.3) is 0 Å². The van der Waals surface area contributed by atoms with Gasteiger partial charge in [0.15, 0.2) is 0 Å². The first-order chi connectivity index (χ1) is 5.84. The highest BCUT2D eigenvalue weighted by molar-refractivity contribution is 5.23. The molecule has 0 unspecified atom stereocenters. The molecular formula is C9H14N2O. The Morgan fingerprint density at radius 2 is 2.42 bits per heavy atom. The first-order valence-electron chi connectivity index (χ1n) is 4.03. The minimum Gasteiger partial charge on any atom is -0.476 e. The summed E-state index contributed by atoms with van der Waals surface area (Å²) in [5, 5.41) is 3.00. The van der Waals surface area contributed by atoms with Gasteiger partial charge in [-0.25, -0.2) is 4.98 Å². The van der Waals surface area contributed by atoms with Crippen molar-refractivity contribution in [2.75, 3.05) is 20.2 Å². The van der Waals surface area contributed by atoms with Crippen molar-refractivity contribution in [1.29, 1.82) is 0 Å². The van der Waals surface area contributed by atoms with Crippen LogP contribution >= 0.6 is 0 Å². The van der Waals surface area contributed by atoms with E-state index in [2.05, 4.69) is 10.3 Å². The highest BCUT2D eigenvalue weighted by Gasteiger charge is 1.97. The second-order valence-electron chi connectivity index (χ2n) is 2.58. The van der Waals surface area contributed by atoms with E-state index in [-0.39, 0.29) is 0 Å². The highest BCUT2D eigenvalue weighted by Crippen LogP contribution is 2.11. The fraction of sp³-hybridized carbons (Fsp3) is 0.444. The Labute approximate surface area is 72.8 Å². The molecule has 0 atom stereocenters. The molecule has 0 aliphatic rings. The predicted octanol–water partition coefficient (Wildman–Crippen LogP) is 0.988. The van der Waals surface area contributed by atoms with Gasteiger partial charge >= 0.3 is 0 Å². The van der Waals surface area contributed by atoms with Crippen LogP contribution < -0.4 is 10.1 Å². The van der Waals surface area contributed by atoms with Crippen LogP contribution in [0.2, 0.25) is 0 Å². The van der Waals surface area contributed by atoms with Crippen molar-refractivity contribution in [1.82, 2.24) is 10.3 Å². The zero-order valence-corrected chi connectivity index (χ0v) is 7.50. The van der Waals surface area contributed by atoms with E-state index < -0.39 is 0 Å². The second kappa shape index (κ2) is 4.72. The van der Waals surface area contributed by atoms with Gasteiger partial charge in [0, 0.05) is 18.3 Å². The van der Waals surface area contributed by atoms with Gasteiger partial charge in [-0.15, -0.1) is 0 Å². The van der Waals surface area contributed by atoms with Crippen LogP contribution in [0, 0.1) is 6.92 Å². The number of ether oxygens (including phenoxy) is 1. The molecule has 0 aliphatic heterocycles. The molecule has 1 heterocycles. The van der Waals surface area contributed by atoms with E-state index in [4.69, 9.17) is 4.74 Å². The van der Waals surface area contributed by atoms with E-state index in [9.17, 15) is 0 Å². The summed E-state index contributed by atoms with van der Waals surface area (Å²) in [5.41, 5.74) is 1.08. The summed E-state index contributed by atoms with van der Waals surface area (Å²) in [6.45, 7) is 3.49. The van der Waals surface area contributed by atoms with Gasteiger partial charge in [0.1, 0.15) is 6.61 Å². The lowest BCUT2D eigenvalue weighted by Gasteiger charge is -2.06. The molecular weight excluding hydrogens is 152 g/mol. The van der Waals surface area contributed by atoms with Crippen LogP contribution in [-0.4, -0.2) is 25.2 Å². The fourth-order valence-corrected chi connectivity index (χ4v) is 0.872. The summed E-state index contributed by atoms with van der Waals surface area (Å²) in [5.74, 6) is 0.729. The molecule has 0 aromatic carbocycles. The Kier molecular flexibility index (Phi) is 3.54. The molecule has 12 heavy (non-hydrogen) atoms. The molecule has 0 saturated heterocycles. The zero-order chi connectivity index (χ0) is 8.81. The summed E-state index contributed by atoms with van der Waals surface area (Å²) in [7, 11) is 1.90. The highest BCUT2D eigenvalue weighted by atomic mass is 16.5. The molecule has 1 N–H and O–H groups in total. The quantitative estimate of drug-likeness (QED) is 0.677. The lowest BCUT2D eigenvalue weighted by atomic mass is 10.3. The largest absolute Gasteiger partial charge is 0.476 e. The first kappa shape index (κ1) is 9.00. The van der Waals surface area contributed by atoms with Crippen molar-refractivity contribution >= 4 is 0 Å². The Morgan fingerprint density at radius 3 is 3.08 bits per heavy atom. The van der Waals surface area contributed by atoms with Gasteiger partial charge in [-0.2, -0.15) is 0 Å². The summed E-state index contributed by atoms with van der Waals surface area (Å²) in [6.07, 6.45) is 1.74. The molecule has 0 bridgehead atoms. The monoisotopic (exact) mass is 166 g/mol. The Bertz CT molecular complexity index is 238. The van der Waals surface area contributed by atoms with E-state index in [1.165, 1.54) is 0 Å². The number of nitrogens with zero attached hydrogens (tertiary/aromatic N) is 1. The number of aromatic nitrogens is 1. The average Bonchev–Trinajstić information content (AvgIpc) is 2.09. The molecule has 3 nitrogen and oxygen atoms in total. The van der Waals surface area contributed by atoms with E-state index in [0.29, 0.717) is 6.61 Å². The standard InChI is InChI=1S/C9H14N2O/c1-8-4-3-5-11-9(8)12-7-6-10-2/h3-5,10H,6-7H2,1-2H3. The van der Waals surface area contributed by atoms with Crippen molar-refractivity contribution in [3.63, 3.8) is 0 Å². The molecule has 0 aliphatic carbocycles. The van der Waals surface area contributed by atoms with Crippen molar-refractivity contribution in [3.05, 3.63) is 23.9 Å². The molecule has 0 amide bonds. The number of aryl methyl sites for hydroxylation is 1. The van der Waals surface area contributed by atoms with E-state index in [0.717, 1.165) is 18.0 Å². The zero-order valence-electron chi connectivity index (χ0n) is 7.50. The third kappa shape index (κ3) is 2.51. The third-order valence-electron chi connectivity index (χ3n) is 1.55. The summed E-state index contributed by atoms with van der Waals surface area (Å²) in [4.78, 5) is 4.10. The van der Waals surface area contributed by atoms with Crippen LogP contribution in [0.1, 0.15) is 5.56 Å². The molecule has 1 aromatic rings. The first-order valence-corrected chi connectivity index (χ1v) is 4.03. The maximum atomic E-state index is 5.40. The van der Waals surface area contributed by atoms with Crippen LogP contribution in [-0.2, 0) is 0 Å². The SMILES string of the molecule is CNCCOc1ncccc1C. The van der Waals surface area contributed by atoms with E-state index >= 15 is 0 Å². The number of hydrogen-bond donors (Lipinski definition) is 1. The van der Waals surface area contributed by atoms with E-state index in [1.54, 1.807) is 6.20 Å². The van der Waals surface area contributed by atoms with Gasteiger partial charge in [-0.3, -0.25) is 0 Å². The van der Waals surface area contributed by atoms with Crippen LogP contribution in [0.5, 0.6) is 5.88 Å². The Balaban J connectivity index is 2.46. The topological polar surface area (TPSA) is 34.1 Å². The lowest BCUT2D eigenvalue weighted by molar-refractivity contribution is 0.304. The third-order valence-corrected chi connectivity index (χ3v) is 1.55. The van der Waals surface area contributed by atoms with Gasteiger partial charge < -0.3 is 10.1 Å².